The first kappa shape index (κ1) is 13.8. The number of nitrogens with one attached hydrogen (secondary N) is 1. The van der Waals surface area contributed by atoms with Crippen molar-refractivity contribution >= 4 is 11.9 Å². The van der Waals surface area contributed by atoms with Crippen LogP contribution in [0.3, 0.4) is 0 Å². The van der Waals surface area contributed by atoms with Crippen molar-refractivity contribution in [3.63, 3.8) is 0 Å². The number of nitrogens with two attached hydrogens (primary N) is 1. The standard InChI is InChI=1S/C16H21N5/c1-3-14-19-15(17)21-16(20-14)18-13-6-4-5-11-8-7-10(2)9-12(11)13/h7-9,13H,3-6H2,1-2H3,(H3,17,18,19,20,21)/t13-/m1/s1. The van der Waals surface area contributed by atoms with Gasteiger partial charge in [0.15, 0.2) is 0 Å². The molecular weight excluding hydrogens is 262 g/mol. The smallest absolute Gasteiger partial charge is 0.228 e. The van der Waals surface area contributed by atoms with Crippen LogP contribution in [-0.2, 0) is 12.8 Å². The number of aryl methyl sites for hydroxylation is 3. The molecule has 1 aliphatic carbocycles. The minimum absolute atomic E-state index is 0.250. The second kappa shape index (κ2) is 5.68. The zero-order chi connectivity index (χ0) is 14.8. The molecule has 0 aliphatic heterocycles. The summed E-state index contributed by atoms with van der Waals surface area (Å²) in [4.78, 5) is 12.8. The van der Waals surface area contributed by atoms with Gasteiger partial charge in [-0.15, -0.1) is 0 Å². The van der Waals surface area contributed by atoms with Gasteiger partial charge in [-0.1, -0.05) is 30.7 Å². The van der Waals surface area contributed by atoms with E-state index < -0.39 is 0 Å². The lowest BCUT2D eigenvalue weighted by Gasteiger charge is -2.27. The largest absolute Gasteiger partial charge is 0.368 e. The molecule has 110 valence electrons. The van der Waals surface area contributed by atoms with Crippen LogP contribution in [0.5, 0.6) is 0 Å². The molecule has 1 heterocycles. The highest BCUT2D eigenvalue weighted by atomic mass is 15.2. The Hall–Kier alpha value is -2.17. The van der Waals surface area contributed by atoms with Crippen LogP contribution >= 0.6 is 0 Å². The van der Waals surface area contributed by atoms with E-state index in [9.17, 15) is 0 Å². The van der Waals surface area contributed by atoms with Gasteiger partial charge in [0.1, 0.15) is 5.82 Å². The molecule has 3 N–H and O–H groups in total. The highest BCUT2D eigenvalue weighted by Crippen LogP contribution is 2.32. The first-order valence-corrected chi connectivity index (χ1v) is 7.52. The molecule has 1 aromatic carbocycles. The number of benzene rings is 1. The van der Waals surface area contributed by atoms with Gasteiger partial charge in [-0.25, -0.2) is 0 Å². The van der Waals surface area contributed by atoms with Gasteiger partial charge in [0, 0.05) is 6.42 Å². The lowest BCUT2D eigenvalue weighted by atomic mass is 9.87. The summed E-state index contributed by atoms with van der Waals surface area (Å²) in [6, 6.07) is 6.92. The fourth-order valence-electron chi connectivity index (χ4n) is 2.88. The van der Waals surface area contributed by atoms with Crippen LogP contribution in [0, 0.1) is 6.92 Å². The van der Waals surface area contributed by atoms with E-state index in [4.69, 9.17) is 5.73 Å². The predicted octanol–water partition coefficient (Wildman–Crippen LogP) is 2.81. The highest BCUT2D eigenvalue weighted by Gasteiger charge is 2.21. The third-order valence-corrected chi connectivity index (χ3v) is 3.93. The maximum atomic E-state index is 5.76. The van der Waals surface area contributed by atoms with Crippen molar-refractivity contribution in [1.82, 2.24) is 15.0 Å². The minimum atomic E-state index is 0.250. The highest BCUT2D eigenvalue weighted by molar-refractivity contribution is 5.41. The van der Waals surface area contributed by atoms with Crippen LogP contribution < -0.4 is 11.1 Å². The van der Waals surface area contributed by atoms with Crippen LogP contribution in [0.2, 0.25) is 0 Å². The summed E-state index contributed by atoms with van der Waals surface area (Å²) in [7, 11) is 0. The molecule has 0 saturated carbocycles. The number of rotatable bonds is 3. The number of hydrogen-bond acceptors (Lipinski definition) is 5. The average molecular weight is 283 g/mol. The van der Waals surface area contributed by atoms with E-state index >= 15 is 0 Å². The van der Waals surface area contributed by atoms with Crippen molar-refractivity contribution in [2.75, 3.05) is 11.1 Å². The maximum absolute atomic E-state index is 5.76. The van der Waals surface area contributed by atoms with E-state index in [0.29, 0.717) is 5.95 Å². The molecule has 0 radical (unpaired) electrons. The van der Waals surface area contributed by atoms with Gasteiger partial charge >= 0.3 is 0 Å². The lowest BCUT2D eigenvalue weighted by Crippen LogP contribution is -2.20. The lowest BCUT2D eigenvalue weighted by molar-refractivity contribution is 0.595. The van der Waals surface area contributed by atoms with Gasteiger partial charge in [-0.3, -0.25) is 0 Å². The zero-order valence-electron chi connectivity index (χ0n) is 12.6. The molecule has 5 nitrogen and oxygen atoms in total. The van der Waals surface area contributed by atoms with Crippen LogP contribution in [0.1, 0.15) is 48.3 Å². The zero-order valence-corrected chi connectivity index (χ0v) is 12.6. The second-order valence-electron chi connectivity index (χ2n) is 5.58. The van der Waals surface area contributed by atoms with E-state index in [-0.39, 0.29) is 12.0 Å². The number of nitrogen functional groups attached to an aromatic ring is 1. The summed E-state index contributed by atoms with van der Waals surface area (Å²) < 4.78 is 0. The fraction of sp³-hybridized carbons (Fsp3) is 0.438. The van der Waals surface area contributed by atoms with Crippen molar-refractivity contribution in [3.05, 3.63) is 40.7 Å². The second-order valence-corrected chi connectivity index (χ2v) is 5.58. The predicted molar refractivity (Wildman–Crippen MR) is 84.1 cm³/mol. The fourth-order valence-corrected chi connectivity index (χ4v) is 2.88. The molecule has 0 spiro atoms. The minimum Gasteiger partial charge on any atom is -0.368 e. The number of nitrogens with zero attached hydrogens (tertiary/aromatic N) is 3. The molecule has 0 saturated heterocycles. The van der Waals surface area contributed by atoms with Gasteiger partial charge in [-0.05, 0) is 37.3 Å². The first-order valence-electron chi connectivity index (χ1n) is 7.52. The Kier molecular flexibility index (Phi) is 3.73. The number of hydrogen-bond donors (Lipinski definition) is 2. The number of aromatic nitrogens is 3. The van der Waals surface area contributed by atoms with Crippen molar-refractivity contribution in [2.24, 2.45) is 0 Å². The third kappa shape index (κ3) is 2.96. The van der Waals surface area contributed by atoms with Crippen molar-refractivity contribution < 1.29 is 0 Å². The third-order valence-electron chi connectivity index (χ3n) is 3.93. The van der Waals surface area contributed by atoms with E-state index in [1.807, 2.05) is 6.92 Å². The first-order chi connectivity index (χ1) is 10.2. The summed E-state index contributed by atoms with van der Waals surface area (Å²) in [5, 5.41) is 3.44. The van der Waals surface area contributed by atoms with Gasteiger partial charge in [0.2, 0.25) is 11.9 Å². The Morgan fingerprint density at radius 2 is 2.14 bits per heavy atom. The molecule has 1 aromatic heterocycles. The molecule has 2 aromatic rings. The van der Waals surface area contributed by atoms with Gasteiger partial charge in [0.25, 0.3) is 0 Å². The van der Waals surface area contributed by atoms with E-state index in [1.54, 1.807) is 0 Å². The Labute approximate surface area is 125 Å². The summed E-state index contributed by atoms with van der Waals surface area (Å²) in [5.41, 5.74) is 9.82. The Morgan fingerprint density at radius 3 is 2.95 bits per heavy atom. The molecule has 0 amide bonds. The molecule has 0 unspecified atom stereocenters. The Morgan fingerprint density at radius 1 is 1.29 bits per heavy atom. The molecular formula is C16H21N5. The molecule has 21 heavy (non-hydrogen) atoms. The van der Waals surface area contributed by atoms with Crippen molar-refractivity contribution in [2.45, 2.75) is 45.6 Å². The summed E-state index contributed by atoms with van der Waals surface area (Å²) in [6.07, 6.45) is 4.16. The van der Waals surface area contributed by atoms with E-state index in [2.05, 4.69) is 45.4 Å². The van der Waals surface area contributed by atoms with E-state index in [0.717, 1.165) is 25.1 Å². The molecule has 3 rings (SSSR count). The Balaban J connectivity index is 1.90. The maximum Gasteiger partial charge on any atom is 0.228 e. The molecule has 1 atom stereocenters. The van der Waals surface area contributed by atoms with Crippen LogP contribution in [0.15, 0.2) is 18.2 Å². The van der Waals surface area contributed by atoms with Crippen molar-refractivity contribution in [3.8, 4) is 0 Å². The van der Waals surface area contributed by atoms with Crippen LogP contribution in [-0.4, -0.2) is 15.0 Å². The van der Waals surface area contributed by atoms with Gasteiger partial charge in [0.05, 0.1) is 6.04 Å². The molecule has 5 heteroatoms. The molecule has 0 fully saturated rings. The van der Waals surface area contributed by atoms with Crippen LogP contribution in [0.4, 0.5) is 11.9 Å². The van der Waals surface area contributed by atoms with Gasteiger partial charge < -0.3 is 11.1 Å². The summed E-state index contributed by atoms with van der Waals surface area (Å²) >= 11 is 0. The van der Waals surface area contributed by atoms with Gasteiger partial charge in [-0.2, -0.15) is 15.0 Å². The normalized spacial score (nSPS) is 17.3. The topological polar surface area (TPSA) is 76.7 Å². The molecule has 1 aliphatic rings. The monoisotopic (exact) mass is 283 g/mol. The van der Waals surface area contributed by atoms with Crippen LogP contribution in [0.25, 0.3) is 0 Å². The number of fused-ring (bicyclic) bond motifs is 1. The molecule has 0 bridgehead atoms. The van der Waals surface area contributed by atoms with E-state index in [1.165, 1.54) is 23.1 Å². The average Bonchev–Trinajstić information content (AvgIpc) is 2.47. The Bertz CT molecular complexity index is 653. The van der Waals surface area contributed by atoms with Crippen molar-refractivity contribution in [1.29, 1.82) is 0 Å². The number of anilines is 2. The SMILES string of the molecule is CCc1nc(N)nc(N[C@@H]2CCCc3ccc(C)cc32)n1. The quantitative estimate of drug-likeness (QED) is 0.905. The summed E-state index contributed by atoms with van der Waals surface area (Å²) in [5.74, 6) is 1.59. The summed E-state index contributed by atoms with van der Waals surface area (Å²) in [6.45, 7) is 4.14.